The monoisotopic (exact) mass is 1880 g/mol. The molecule has 4 aliphatic heterocycles. The first-order valence-electron chi connectivity index (χ1n) is 42.2. The minimum absolute atomic E-state index is 0.0388. The van der Waals surface area contributed by atoms with Gasteiger partial charge in [-0.15, -0.1) is 61.8 Å². The number of hydrogen-bond donors (Lipinski definition) is 2. The quantitative estimate of drug-likeness (QED) is 0.0567. The first-order valence-corrected chi connectivity index (χ1v) is 46.6. The van der Waals surface area contributed by atoms with Crippen molar-refractivity contribution in [2.24, 2.45) is 0 Å². The average Bonchev–Trinajstić information content (AvgIpc) is 1.64. The normalized spacial score (nSPS) is 13.7. The fourth-order valence-corrected chi connectivity index (χ4v) is 18.5. The molecule has 684 valence electrons. The lowest BCUT2D eigenvalue weighted by atomic mass is 10.0. The maximum atomic E-state index is 13.1. The molecule has 0 unspecified atom stereocenters. The molecule has 0 fully saturated rings. The maximum absolute atomic E-state index is 13.1. The van der Waals surface area contributed by atoms with E-state index in [1.54, 1.807) is 60.1 Å². The van der Waals surface area contributed by atoms with Crippen LogP contribution in [-0.2, 0) is 49.7 Å². The lowest BCUT2D eigenvalue weighted by Gasteiger charge is -2.21. The van der Waals surface area contributed by atoms with Crippen LogP contribution in [0.5, 0.6) is 51.7 Å². The first kappa shape index (κ1) is 93.4. The van der Waals surface area contributed by atoms with Gasteiger partial charge in [-0.2, -0.15) is 5.10 Å². The fourth-order valence-electron chi connectivity index (χ4n) is 14.5. The molecule has 2 N–H and O–H groups in total. The van der Waals surface area contributed by atoms with Crippen LogP contribution in [0.4, 0.5) is 48.7 Å². The van der Waals surface area contributed by atoms with Crippen molar-refractivity contribution >= 4 is 146 Å². The van der Waals surface area contributed by atoms with Crippen molar-refractivity contribution in [3.63, 3.8) is 0 Å². The van der Waals surface area contributed by atoms with Gasteiger partial charge in [0.05, 0.1) is 57.9 Å². The van der Waals surface area contributed by atoms with Gasteiger partial charge in [0.15, 0.2) is 111 Å². The number of carbonyl (C=O) groups excluding carboxylic acids is 5. The molecule has 0 atom stereocenters. The van der Waals surface area contributed by atoms with Crippen LogP contribution in [0.1, 0.15) is 112 Å². The molecule has 0 spiro atoms. The van der Waals surface area contributed by atoms with Crippen molar-refractivity contribution in [3.05, 3.63) is 261 Å². The Labute approximate surface area is 787 Å². The molecule has 0 bridgehead atoms. The maximum Gasteiger partial charge on any atom is 0.272 e. The van der Waals surface area contributed by atoms with Gasteiger partial charge in [-0.3, -0.25) is 39.2 Å². The van der Waals surface area contributed by atoms with Crippen LogP contribution >= 0.6 is 56.7 Å². The largest absolute Gasteiger partial charge is 0.483 e. The minimum atomic E-state index is -0.285. The molecule has 4 aliphatic rings. The van der Waals surface area contributed by atoms with Crippen LogP contribution in [-0.4, -0.2) is 150 Å². The number of rotatable bonds is 24. The number of benzene rings is 5. The average molecular weight is 1890 g/mol. The number of anilines is 9. The van der Waals surface area contributed by atoms with Crippen LogP contribution in [0.3, 0.4) is 0 Å². The number of ether oxygens (including phenoxy) is 9. The van der Waals surface area contributed by atoms with E-state index in [0.717, 1.165) is 98.8 Å². The van der Waals surface area contributed by atoms with Gasteiger partial charge in [0.25, 0.3) is 29.5 Å². The highest BCUT2D eigenvalue weighted by Gasteiger charge is 2.38. The van der Waals surface area contributed by atoms with E-state index >= 15 is 0 Å². The predicted molar refractivity (Wildman–Crippen MR) is 512 cm³/mol. The summed E-state index contributed by atoms with van der Waals surface area (Å²) < 4.78 is 53.1. The van der Waals surface area contributed by atoms with E-state index < -0.39 is 0 Å². The summed E-state index contributed by atoms with van der Waals surface area (Å²) in [5.74, 6) is 5.42. The second-order valence-electron chi connectivity index (χ2n) is 33.5. The summed E-state index contributed by atoms with van der Waals surface area (Å²) in [7, 11) is 0. The van der Waals surface area contributed by atoms with Crippen LogP contribution in [0.15, 0.2) is 204 Å². The van der Waals surface area contributed by atoms with Crippen LogP contribution in [0.2, 0.25) is 0 Å². The number of thiazole rings is 5. The number of fused-ring (bicyclic) bond motifs is 5. The van der Waals surface area contributed by atoms with Gasteiger partial charge in [-0.1, -0.05) is 54.6 Å². The van der Waals surface area contributed by atoms with Gasteiger partial charge in [-0.05, 0) is 170 Å². The summed E-state index contributed by atoms with van der Waals surface area (Å²) in [6, 6.07) is 39.4. The molecular weight excluding hydrogens is 1790 g/mol. The number of para-hydroxylation sites is 4. The highest BCUT2D eigenvalue weighted by Crippen LogP contribution is 2.47. The number of pyridine rings is 1. The Morgan fingerprint density at radius 3 is 1.16 bits per heavy atom. The second kappa shape index (κ2) is 41.0. The number of aromatic amines is 1. The SMILES string of the molecule is Cc1ccc(N(C(=O)COc2cccc3c2OC(C)(C)C3)c2nc(C)cs2)nn1.Cc1csc(N(C(=O)COc2cccc3c2OC(C)(C)C3)c2ccncc2)n1.Cc1csc(N(C(=O)COc2cccc3c2OC(C)(C)C3)c2ccncn2)n1.Cc1csc(N(C(=O)COc2cccc3c2OC(C)(C)C3)c2cncnc2)n1.Cc1csc(NC(=O)COc2cccc3[nH]ccc23)n1. The van der Waals surface area contributed by atoms with Crippen molar-refractivity contribution in [1.82, 2.24) is 65.0 Å². The van der Waals surface area contributed by atoms with Gasteiger partial charge in [0.1, 0.15) is 46.6 Å². The number of aromatic nitrogens is 13. The van der Waals surface area contributed by atoms with Gasteiger partial charge in [-0.25, -0.2) is 59.6 Å². The molecule has 0 radical (unpaired) electrons. The van der Waals surface area contributed by atoms with E-state index in [0.29, 0.717) is 94.7 Å². The third-order valence-corrected chi connectivity index (χ3v) is 24.8. The van der Waals surface area contributed by atoms with Gasteiger partial charge in [0.2, 0.25) is 0 Å². The van der Waals surface area contributed by atoms with Crippen molar-refractivity contribution < 1.29 is 66.6 Å². The topological polar surface area (TPSA) is 364 Å². The lowest BCUT2D eigenvalue weighted by molar-refractivity contribution is -0.120. The summed E-state index contributed by atoms with van der Waals surface area (Å²) in [5.41, 5.74) is 10.5. The number of carbonyl (C=O) groups is 5. The summed E-state index contributed by atoms with van der Waals surface area (Å²) in [6.07, 6.45) is 15.9. The Bertz CT molecular complexity index is 6240. The van der Waals surface area contributed by atoms with Crippen LogP contribution < -0.4 is 67.5 Å². The molecule has 0 aliphatic carbocycles. The number of H-pyrrole nitrogens is 1. The van der Waals surface area contributed by atoms with E-state index in [4.69, 9.17) is 42.6 Å². The van der Waals surface area contributed by atoms with Gasteiger partial charge >= 0.3 is 0 Å². The molecule has 19 rings (SSSR count). The van der Waals surface area contributed by atoms with E-state index in [-0.39, 0.29) is 85.0 Å². The van der Waals surface area contributed by atoms with E-state index in [9.17, 15) is 24.0 Å². The Hall–Kier alpha value is -14.3. The van der Waals surface area contributed by atoms with E-state index in [1.807, 2.05) is 233 Å². The number of nitrogens with one attached hydrogen (secondary N) is 2. The Morgan fingerprint density at radius 1 is 0.376 bits per heavy atom. The lowest BCUT2D eigenvalue weighted by Crippen LogP contribution is -2.32. The highest BCUT2D eigenvalue weighted by atomic mass is 32.1. The standard InChI is InChI=1S/C21H22N4O3S.C21H21N3O3S.2C20H20N4O3S.C14H13N3O2S/c1-13-8-9-17(24-23-13)25(20-22-14(2)12-29-20)18(26)11-27-16-7-5-6-15-10-21(3,4)28-19(15)16;1-14-13-28-20(23-14)24(16-7-9-22-10-8-16)18(25)12-26-17-6-4-5-15-11-21(2,3)27-19(15)17;1-13-11-28-19(23-13)24(15-8-21-12-22-9-15)17(25)10-26-16-6-4-5-14-7-20(2,3)27-18(14)16;1-13-11-28-19(23-13)24(16-7-8-21-12-22-16)17(25)10-26-15-6-4-5-14-9-20(2,3)27-18(14)15;1-9-8-20-14(16-9)17-13(18)7-19-12-4-2-3-11-10(12)5-6-15-11/h5-9,12H,10-11H2,1-4H3;4-10,13H,11-12H2,1-3H3;4-6,8-9,11-12H,7,10H2,1-3H3;4-8,11-12H,9-10H2,1-3H3;2-6,8,15H,7H2,1H3,(H,16,17,18). The third kappa shape index (κ3) is 23.7. The molecule has 15 aromatic rings. The molecule has 0 saturated heterocycles. The van der Waals surface area contributed by atoms with Crippen molar-refractivity contribution in [2.75, 3.05) is 58.0 Å². The summed E-state index contributed by atoms with van der Waals surface area (Å²) in [5, 5.41) is 24.2. The Kier molecular flexibility index (Phi) is 28.8. The Morgan fingerprint density at radius 2 is 0.759 bits per heavy atom. The number of hydrogen-bond acceptors (Lipinski definition) is 31. The van der Waals surface area contributed by atoms with Gasteiger partial charge < -0.3 is 47.6 Å². The summed E-state index contributed by atoms with van der Waals surface area (Å²) >= 11 is 6.94. The summed E-state index contributed by atoms with van der Waals surface area (Å²) in [6.45, 7) is 26.9. The molecular formula is C96H96N18O14S5. The molecule has 37 heteroatoms. The van der Waals surface area contributed by atoms with Crippen molar-refractivity contribution in [2.45, 2.75) is 145 Å². The molecule has 14 heterocycles. The zero-order chi connectivity index (χ0) is 93.7. The van der Waals surface area contributed by atoms with Crippen LogP contribution in [0, 0.1) is 41.5 Å². The molecule has 133 heavy (non-hydrogen) atoms. The van der Waals surface area contributed by atoms with E-state index in [2.05, 4.69) is 70.3 Å². The highest BCUT2D eigenvalue weighted by molar-refractivity contribution is 7.15. The van der Waals surface area contributed by atoms with Gasteiger partial charge in [0, 0.05) is 111 Å². The number of aryl methyl sites for hydroxylation is 6. The Balaban J connectivity index is 0.000000128. The minimum Gasteiger partial charge on any atom is -0.483 e. The second-order valence-corrected chi connectivity index (χ2v) is 37.7. The van der Waals surface area contributed by atoms with Crippen molar-refractivity contribution in [1.29, 1.82) is 0 Å². The van der Waals surface area contributed by atoms with Crippen LogP contribution in [0.25, 0.3) is 10.9 Å². The molecule has 0 saturated carbocycles. The smallest absolute Gasteiger partial charge is 0.272 e. The summed E-state index contributed by atoms with van der Waals surface area (Å²) in [4.78, 5) is 115. The number of nitrogens with zero attached hydrogens (tertiary/aromatic N) is 16. The zero-order valence-electron chi connectivity index (χ0n) is 75.4. The molecule has 10 aromatic heterocycles. The van der Waals surface area contributed by atoms with E-state index in [1.165, 1.54) is 84.0 Å². The molecule has 32 nitrogen and oxygen atoms in total. The first-order chi connectivity index (χ1) is 63.8. The van der Waals surface area contributed by atoms with Crippen molar-refractivity contribution in [3.8, 4) is 51.7 Å². The predicted octanol–water partition coefficient (Wildman–Crippen LogP) is 18.7. The third-order valence-electron chi connectivity index (χ3n) is 20.1. The zero-order valence-corrected chi connectivity index (χ0v) is 79.5. The molecule has 5 aromatic carbocycles. The molecule has 5 amide bonds. The fraction of sp³-hybridized carbons (Fsp3) is 0.281. The number of amides is 5.